The fraction of sp³-hybridized carbons (Fsp3) is 0.923. The second-order valence-electron chi connectivity index (χ2n) is 6.14. The molecular formula is C13H27N3O2. The van der Waals surface area contributed by atoms with E-state index in [1.54, 1.807) is 0 Å². The number of hydrogen-bond acceptors (Lipinski definition) is 4. The molecular weight excluding hydrogens is 230 g/mol. The predicted octanol–water partition coefficient (Wildman–Crippen LogP) is 1.23. The summed E-state index contributed by atoms with van der Waals surface area (Å²) in [7, 11) is 0. The molecule has 5 nitrogen and oxygen atoms in total. The minimum atomic E-state index is -0.448. The van der Waals surface area contributed by atoms with Crippen LogP contribution in [0.3, 0.4) is 0 Å². The predicted molar refractivity (Wildman–Crippen MR) is 72.4 cm³/mol. The Morgan fingerprint density at radius 2 is 2.06 bits per heavy atom. The highest BCUT2D eigenvalue weighted by atomic mass is 16.6. The summed E-state index contributed by atoms with van der Waals surface area (Å²) < 4.78 is 5.28. The van der Waals surface area contributed by atoms with Crippen LogP contribution in [0.4, 0.5) is 4.79 Å². The van der Waals surface area contributed by atoms with Crippen molar-refractivity contribution in [3.05, 3.63) is 0 Å². The quantitative estimate of drug-likeness (QED) is 0.669. The molecule has 0 aliphatic heterocycles. The van der Waals surface area contributed by atoms with Crippen molar-refractivity contribution >= 4 is 6.09 Å². The molecule has 5 heteroatoms. The average Bonchev–Trinajstić information content (AvgIpc) is 3.04. The SMILES string of the molecule is CC(CN)NCC(NC(=O)OC(C)(C)C)C1CC1. The van der Waals surface area contributed by atoms with Gasteiger partial charge in [-0.2, -0.15) is 0 Å². The first kappa shape index (κ1) is 15.2. The fourth-order valence-electron chi connectivity index (χ4n) is 1.70. The van der Waals surface area contributed by atoms with Crippen LogP contribution in [-0.4, -0.2) is 36.9 Å². The van der Waals surface area contributed by atoms with Crippen molar-refractivity contribution in [2.24, 2.45) is 11.7 Å². The van der Waals surface area contributed by atoms with Crippen molar-refractivity contribution in [1.29, 1.82) is 0 Å². The zero-order chi connectivity index (χ0) is 13.8. The van der Waals surface area contributed by atoms with E-state index in [0.717, 1.165) is 6.54 Å². The Hall–Kier alpha value is -0.810. The molecule has 1 saturated carbocycles. The molecule has 0 bridgehead atoms. The van der Waals surface area contributed by atoms with Gasteiger partial charge in [0, 0.05) is 25.2 Å². The smallest absolute Gasteiger partial charge is 0.407 e. The molecule has 0 heterocycles. The topological polar surface area (TPSA) is 76.4 Å². The Morgan fingerprint density at radius 1 is 1.44 bits per heavy atom. The molecule has 1 amide bonds. The summed E-state index contributed by atoms with van der Waals surface area (Å²) in [5.41, 5.74) is 5.11. The van der Waals surface area contributed by atoms with Gasteiger partial charge in [0.2, 0.25) is 0 Å². The molecule has 0 aromatic rings. The molecule has 2 atom stereocenters. The minimum absolute atomic E-state index is 0.147. The van der Waals surface area contributed by atoms with Gasteiger partial charge >= 0.3 is 6.09 Å². The van der Waals surface area contributed by atoms with Gasteiger partial charge in [0.15, 0.2) is 0 Å². The van der Waals surface area contributed by atoms with Gasteiger partial charge in [-0.1, -0.05) is 0 Å². The summed E-state index contributed by atoms with van der Waals surface area (Å²) in [6, 6.07) is 0.417. The minimum Gasteiger partial charge on any atom is -0.444 e. The molecule has 0 saturated heterocycles. The second kappa shape index (κ2) is 6.38. The summed E-state index contributed by atoms with van der Waals surface area (Å²) >= 11 is 0. The van der Waals surface area contributed by atoms with E-state index < -0.39 is 5.60 Å². The van der Waals surface area contributed by atoms with Gasteiger partial charge in [0.1, 0.15) is 5.60 Å². The lowest BCUT2D eigenvalue weighted by atomic mass is 10.1. The third kappa shape index (κ3) is 6.21. The fourth-order valence-corrected chi connectivity index (χ4v) is 1.70. The number of nitrogens with two attached hydrogens (primary N) is 1. The summed E-state index contributed by atoms with van der Waals surface area (Å²) in [5.74, 6) is 0.579. The highest BCUT2D eigenvalue weighted by Crippen LogP contribution is 2.32. The first-order valence-corrected chi connectivity index (χ1v) is 6.75. The van der Waals surface area contributed by atoms with E-state index >= 15 is 0 Å². The largest absolute Gasteiger partial charge is 0.444 e. The number of ether oxygens (including phenoxy) is 1. The first-order chi connectivity index (χ1) is 8.31. The third-order valence-corrected chi connectivity index (χ3v) is 2.93. The maximum absolute atomic E-state index is 11.7. The molecule has 1 aliphatic carbocycles. The molecule has 18 heavy (non-hydrogen) atoms. The van der Waals surface area contributed by atoms with Gasteiger partial charge in [-0.25, -0.2) is 4.79 Å². The van der Waals surface area contributed by atoms with Crippen molar-refractivity contribution in [1.82, 2.24) is 10.6 Å². The average molecular weight is 257 g/mol. The molecule has 4 N–H and O–H groups in total. The van der Waals surface area contributed by atoms with Gasteiger partial charge in [-0.3, -0.25) is 0 Å². The number of carbonyl (C=O) groups is 1. The summed E-state index contributed by atoms with van der Waals surface area (Å²) in [6.45, 7) is 9.00. The Labute approximate surface area is 110 Å². The Morgan fingerprint density at radius 3 is 2.50 bits per heavy atom. The van der Waals surface area contributed by atoms with E-state index in [0.29, 0.717) is 12.5 Å². The number of nitrogens with one attached hydrogen (secondary N) is 2. The van der Waals surface area contributed by atoms with Gasteiger partial charge in [-0.05, 0) is 46.5 Å². The van der Waals surface area contributed by atoms with Gasteiger partial charge in [0.05, 0.1) is 0 Å². The zero-order valence-corrected chi connectivity index (χ0v) is 12.0. The van der Waals surface area contributed by atoms with Crippen LogP contribution < -0.4 is 16.4 Å². The zero-order valence-electron chi connectivity index (χ0n) is 12.0. The van der Waals surface area contributed by atoms with Crippen LogP contribution in [0.2, 0.25) is 0 Å². The maximum Gasteiger partial charge on any atom is 0.407 e. The highest BCUT2D eigenvalue weighted by molar-refractivity contribution is 5.68. The van der Waals surface area contributed by atoms with Crippen LogP contribution in [-0.2, 0) is 4.74 Å². The standard InChI is InChI=1S/C13H27N3O2/c1-9(7-14)15-8-11(10-5-6-10)16-12(17)18-13(2,3)4/h9-11,15H,5-8,14H2,1-4H3,(H,16,17). The summed E-state index contributed by atoms with van der Waals surface area (Å²) in [6.07, 6.45) is 2.03. The van der Waals surface area contributed by atoms with Gasteiger partial charge < -0.3 is 21.1 Å². The van der Waals surface area contributed by atoms with Crippen molar-refractivity contribution in [2.45, 2.75) is 58.2 Å². The summed E-state index contributed by atoms with van der Waals surface area (Å²) in [5, 5.41) is 6.28. The molecule has 2 unspecified atom stereocenters. The Kier molecular flexibility index (Phi) is 5.41. The van der Waals surface area contributed by atoms with Crippen LogP contribution in [0.15, 0.2) is 0 Å². The van der Waals surface area contributed by atoms with E-state index in [1.807, 2.05) is 27.7 Å². The molecule has 106 valence electrons. The number of amides is 1. The summed E-state index contributed by atoms with van der Waals surface area (Å²) in [4.78, 5) is 11.7. The normalized spacial score (nSPS) is 19.2. The van der Waals surface area contributed by atoms with Gasteiger partial charge in [0.25, 0.3) is 0 Å². The molecule has 1 aliphatic rings. The molecule has 0 aromatic carbocycles. The van der Waals surface area contributed by atoms with Crippen molar-refractivity contribution in [2.75, 3.05) is 13.1 Å². The number of carbonyl (C=O) groups excluding carboxylic acids is 1. The lowest BCUT2D eigenvalue weighted by Crippen LogP contribution is -2.48. The monoisotopic (exact) mass is 257 g/mol. The molecule has 1 fully saturated rings. The van der Waals surface area contributed by atoms with Crippen molar-refractivity contribution in [3.63, 3.8) is 0 Å². The maximum atomic E-state index is 11.7. The van der Waals surface area contributed by atoms with E-state index in [1.165, 1.54) is 12.8 Å². The molecule has 1 rings (SSSR count). The molecule has 0 radical (unpaired) electrons. The van der Waals surface area contributed by atoms with E-state index in [2.05, 4.69) is 10.6 Å². The van der Waals surface area contributed by atoms with Crippen LogP contribution in [0.25, 0.3) is 0 Å². The Bertz CT molecular complexity index is 272. The highest BCUT2D eigenvalue weighted by Gasteiger charge is 2.33. The van der Waals surface area contributed by atoms with E-state index in [9.17, 15) is 4.79 Å². The number of alkyl carbamates (subject to hydrolysis) is 1. The molecule has 0 spiro atoms. The van der Waals surface area contributed by atoms with Crippen LogP contribution >= 0.6 is 0 Å². The van der Waals surface area contributed by atoms with Crippen LogP contribution in [0.5, 0.6) is 0 Å². The van der Waals surface area contributed by atoms with Crippen molar-refractivity contribution in [3.8, 4) is 0 Å². The lowest BCUT2D eigenvalue weighted by Gasteiger charge is -2.24. The number of rotatable bonds is 6. The van der Waals surface area contributed by atoms with Crippen molar-refractivity contribution < 1.29 is 9.53 Å². The Balaban J connectivity index is 2.36. The second-order valence-corrected chi connectivity index (χ2v) is 6.14. The van der Waals surface area contributed by atoms with Crippen LogP contribution in [0, 0.1) is 5.92 Å². The van der Waals surface area contributed by atoms with Gasteiger partial charge in [-0.15, -0.1) is 0 Å². The van der Waals surface area contributed by atoms with E-state index in [4.69, 9.17) is 10.5 Å². The lowest BCUT2D eigenvalue weighted by molar-refractivity contribution is 0.0497. The third-order valence-electron chi connectivity index (χ3n) is 2.93. The van der Waals surface area contributed by atoms with Crippen LogP contribution in [0.1, 0.15) is 40.5 Å². The number of hydrogen-bond donors (Lipinski definition) is 3. The van der Waals surface area contributed by atoms with E-state index in [-0.39, 0.29) is 18.2 Å². The molecule has 0 aromatic heterocycles. The first-order valence-electron chi connectivity index (χ1n) is 6.75.